The predicted octanol–water partition coefficient (Wildman–Crippen LogP) is -1.34. The maximum absolute atomic E-state index is 12.8. The molecule has 1 atom stereocenters. The maximum atomic E-state index is 12.8. The van der Waals surface area contributed by atoms with Crippen molar-refractivity contribution in [2.45, 2.75) is 77.2 Å². The van der Waals surface area contributed by atoms with Crippen LogP contribution in [0.25, 0.3) is 0 Å². The van der Waals surface area contributed by atoms with Gasteiger partial charge in [-0.1, -0.05) is 51.2 Å². The molecule has 8 nitrogen and oxygen atoms in total. The van der Waals surface area contributed by atoms with Gasteiger partial charge in [0.2, 0.25) is 5.78 Å². The summed E-state index contributed by atoms with van der Waals surface area (Å²) in [5.41, 5.74) is 0. The Kier molecular flexibility index (Phi) is 17.9. The van der Waals surface area contributed by atoms with E-state index in [1.165, 1.54) is 38.5 Å². The van der Waals surface area contributed by atoms with E-state index in [9.17, 15) is 28.0 Å². The molecule has 32 heavy (non-hydrogen) atoms. The van der Waals surface area contributed by atoms with Gasteiger partial charge in [0.15, 0.2) is 0 Å². The van der Waals surface area contributed by atoms with Gasteiger partial charge in [0.25, 0.3) is 0 Å². The first-order chi connectivity index (χ1) is 14.8. The second kappa shape index (κ2) is 18.1. The Balaban J connectivity index is 0.00000961. The summed E-state index contributed by atoms with van der Waals surface area (Å²) >= 11 is 0. The fourth-order valence-corrected chi connectivity index (χ4v) is 4.41. The third-order valence-corrected chi connectivity index (χ3v) is 6.14. The topological polar surface area (TPSA) is 121 Å². The standard InChI is InChI=1S/C22H40N2O6S.Na/c1-2-3-4-5-6-7-8-9-10-11-12-13-21(27)22-23(16-17-25)14-15-24(22)18-20(26)19-31(28,29)30;/h9-10,20,25-26H,2-8,11-19H2,1H3;/q;+1/b10-9+;. The Morgan fingerprint density at radius 2 is 1.78 bits per heavy atom. The van der Waals surface area contributed by atoms with Crippen molar-refractivity contribution >= 4 is 21.7 Å². The number of amidine groups is 1. The van der Waals surface area contributed by atoms with E-state index in [2.05, 4.69) is 19.1 Å². The molecule has 2 N–H and O–H groups in total. The quantitative estimate of drug-likeness (QED) is 0.0814. The number of rotatable bonds is 18. The van der Waals surface area contributed by atoms with E-state index < -0.39 is 22.0 Å². The number of aliphatic hydroxyl groups excluding tert-OH is 2. The zero-order chi connectivity index (χ0) is 23.1. The van der Waals surface area contributed by atoms with Gasteiger partial charge in [0.1, 0.15) is 32.3 Å². The molecule has 180 valence electrons. The third kappa shape index (κ3) is 14.1. The molecule has 0 aromatic heterocycles. The molecule has 0 spiro atoms. The number of Topliss-reactive ketones (excluding diaryl/α,β-unsaturated/α-hetero) is 1. The summed E-state index contributed by atoms with van der Waals surface area (Å²) < 4.78 is 34.2. The molecule has 0 aliphatic carbocycles. The van der Waals surface area contributed by atoms with Crippen molar-refractivity contribution in [2.24, 2.45) is 0 Å². The molecule has 0 aromatic carbocycles. The Labute approximate surface area is 215 Å². The molecular weight excluding hydrogens is 443 g/mol. The molecule has 0 aromatic rings. The van der Waals surface area contributed by atoms with Crippen LogP contribution in [0.1, 0.15) is 71.1 Å². The van der Waals surface area contributed by atoms with E-state index in [-0.39, 0.29) is 48.5 Å². The van der Waals surface area contributed by atoms with Crippen molar-refractivity contribution in [3.63, 3.8) is 0 Å². The monoisotopic (exact) mass is 483 g/mol. The van der Waals surface area contributed by atoms with Crippen LogP contribution in [0.5, 0.6) is 0 Å². The number of carbonyl (C=O) groups excluding carboxylic acids is 1. The third-order valence-electron chi connectivity index (χ3n) is 5.35. The van der Waals surface area contributed by atoms with Crippen molar-refractivity contribution in [3.8, 4) is 0 Å². The van der Waals surface area contributed by atoms with E-state index in [4.69, 9.17) is 0 Å². The SMILES string of the molecule is CCCCCCCC/C=C/CCCC(=O)C1=[N+](CC(O)CS(=O)(=O)[O-])CCN1CCO.[Na+]. The Morgan fingerprint density at radius 3 is 2.41 bits per heavy atom. The van der Waals surface area contributed by atoms with Crippen molar-refractivity contribution < 1.29 is 62.1 Å². The van der Waals surface area contributed by atoms with Gasteiger partial charge in [0, 0.05) is 6.42 Å². The molecule has 0 amide bonds. The number of ketones is 1. The number of hydrogen-bond acceptors (Lipinski definition) is 7. The summed E-state index contributed by atoms with van der Waals surface area (Å²) in [5.74, 6) is -0.575. The molecule has 0 fully saturated rings. The van der Waals surface area contributed by atoms with Crippen LogP contribution in [0.4, 0.5) is 0 Å². The molecule has 0 bridgehead atoms. The number of hydrogen-bond donors (Lipinski definition) is 2. The van der Waals surface area contributed by atoms with E-state index >= 15 is 0 Å². The normalized spacial score (nSPS) is 15.4. The molecule has 10 heteroatoms. The van der Waals surface area contributed by atoms with Gasteiger partial charge in [-0.15, -0.1) is 0 Å². The van der Waals surface area contributed by atoms with Crippen molar-refractivity contribution in [1.29, 1.82) is 0 Å². The van der Waals surface area contributed by atoms with Crippen LogP contribution in [-0.4, -0.2) is 88.9 Å². The molecule has 1 heterocycles. The number of unbranched alkanes of at least 4 members (excludes halogenated alkanes) is 7. The average molecular weight is 484 g/mol. The molecule has 1 aliphatic rings. The van der Waals surface area contributed by atoms with Crippen LogP contribution >= 0.6 is 0 Å². The van der Waals surface area contributed by atoms with Gasteiger partial charge >= 0.3 is 35.4 Å². The number of aliphatic hydroxyl groups is 2. The van der Waals surface area contributed by atoms with Gasteiger partial charge in [-0.2, -0.15) is 0 Å². The molecule has 1 unspecified atom stereocenters. The molecule has 1 aliphatic heterocycles. The number of carbonyl (C=O) groups is 1. The van der Waals surface area contributed by atoms with Gasteiger partial charge in [-0.05, 0) is 25.7 Å². The summed E-state index contributed by atoms with van der Waals surface area (Å²) in [5, 5.41) is 19.2. The molecule has 1 rings (SSSR count). The minimum atomic E-state index is -4.54. The Bertz CT molecular complexity index is 697. The molecule has 0 saturated heterocycles. The van der Waals surface area contributed by atoms with Crippen molar-refractivity contribution in [1.82, 2.24) is 4.90 Å². The van der Waals surface area contributed by atoms with Crippen LogP contribution < -0.4 is 29.6 Å². The van der Waals surface area contributed by atoms with E-state index in [1.54, 1.807) is 9.48 Å². The van der Waals surface area contributed by atoms with Crippen molar-refractivity contribution in [3.05, 3.63) is 12.2 Å². The first-order valence-corrected chi connectivity index (χ1v) is 13.1. The molecular formula is C22H40N2NaO6S+. The predicted molar refractivity (Wildman–Crippen MR) is 120 cm³/mol. The fraction of sp³-hybridized carbons (Fsp3) is 0.818. The van der Waals surface area contributed by atoms with E-state index in [1.807, 2.05) is 0 Å². The smallest absolute Gasteiger partial charge is 0.748 e. The van der Waals surface area contributed by atoms with Crippen LogP contribution in [-0.2, 0) is 14.9 Å². The van der Waals surface area contributed by atoms with Crippen LogP contribution in [0.2, 0.25) is 0 Å². The van der Waals surface area contributed by atoms with Gasteiger partial charge < -0.3 is 14.8 Å². The summed E-state index contributed by atoms with van der Waals surface area (Å²) in [6.45, 7) is 3.26. The summed E-state index contributed by atoms with van der Waals surface area (Å²) in [4.78, 5) is 14.5. The summed E-state index contributed by atoms with van der Waals surface area (Å²) in [6, 6.07) is 0. The maximum Gasteiger partial charge on any atom is 1.00 e. The Hall–Kier alpha value is -0.290. The van der Waals surface area contributed by atoms with Crippen LogP contribution in [0.3, 0.4) is 0 Å². The average Bonchev–Trinajstić information content (AvgIpc) is 3.06. The van der Waals surface area contributed by atoms with Crippen molar-refractivity contribution in [2.75, 3.05) is 38.5 Å². The number of β-amino-alcohol motifs (C(OH)–C–C–N with tert-alkyl or cyclic N) is 2. The van der Waals surface area contributed by atoms with E-state index in [0.717, 1.165) is 12.8 Å². The summed E-state index contributed by atoms with van der Waals surface area (Å²) in [6.07, 6.45) is 13.5. The van der Waals surface area contributed by atoms with Gasteiger partial charge in [-0.25, -0.2) is 8.42 Å². The second-order valence-electron chi connectivity index (χ2n) is 8.20. The zero-order valence-electron chi connectivity index (χ0n) is 19.9. The second-order valence-corrected chi connectivity index (χ2v) is 9.65. The number of nitrogens with zero attached hydrogens (tertiary/aromatic N) is 2. The summed E-state index contributed by atoms with van der Waals surface area (Å²) in [7, 11) is -4.54. The minimum Gasteiger partial charge on any atom is -0.748 e. The fourth-order valence-electron chi connectivity index (χ4n) is 3.84. The van der Waals surface area contributed by atoms with Gasteiger partial charge in [-0.3, -0.25) is 14.3 Å². The van der Waals surface area contributed by atoms with Crippen LogP contribution in [0.15, 0.2) is 12.2 Å². The van der Waals surface area contributed by atoms with Gasteiger partial charge in [0.05, 0.1) is 22.5 Å². The molecule has 0 saturated carbocycles. The first kappa shape index (κ1) is 31.7. The largest absolute Gasteiger partial charge is 1.00 e. The Morgan fingerprint density at radius 1 is 1.16 bits per heavy atom. The van der Waals surface area contributed by atoms with Crippen LogP contribution in [0, 0.1) is 0 Å². The first-order valence-electron chi connectivity index (χ1n) is 11.6. The minimum absolute atomic E-state index is 0. The van der Waals surface area contributed by atoms with E-state index in [0.29, 0.717) is 38.3 Å². The number of allylic oxidation sites excluding steroid dienone is 2. The molecule has 0 radical (unpaired) electrons. The zero-order valence-corrected chi connectivity index (χ0v) is 22.7.